The van der Waals surface area contributed by atoms with Gasteiger partial charge >= 0.3 is 6.18 Å². The van der Waals surface area contributed by atoms with E-state index in [1.54, 1.807) is 16.8 Å². The van der Waals surface area contributed by atoms with Crippen molar-refractivity contribution in [2.24, 2.45) is 0 Å². The predicted molar refractivity (Wildman–Crippen MR) is 69.3 cm³/mol. The first-order valence-corrected chi connectivity index (χ1v) is 6.09. The zero-order valence-electron chi connectivity index (χ0n) is 10.7. The van der Waals surface area contributed by atoms with E-state index in [4.69, 9.17) is 5.11 Å². The maximum atomic E-state index is 12.6. The fourth-order valence-electron chi connectivity index (χ4n) is 2.05. The number of halogens is 3. The van der Waals surface area contributed by atoms with Crippen molar-refractivity contribution in [3.05, 3.63) is 54.1 Å². The summed E-state index contributed by atoms with van der Waals surface area (Å²) in [5.74, 6) is 0. The zero-order chi connectivity index (χ0) is 15.0. The summed E-state index contributed by atoms with van der Waals surface area (Å²) in [5.41, 5.74) is 1.55. The maximum absolute atomic E-state index is 12.6. The molecule has 3 rings (SSSR count). The number of benzene rings is 1. The van der Waals surface area contributed by atoms with Crippen LogP contribution in [0.1, 0.15) is 11.3 Å². The Hall–Kier alpha value is -2.41. The minimum Gasteiger partial charge on any atom is -0.390 e. The predicted octanol–water partition coefficient (Wildman–Crippen LogP) is 2.91. The smallest absolute Gasteiger partial charge is 0.390 e. The van der Waals surface area contributed by atoms with Crippen molar-refractivity contribution in [3.63, 3.8) is 0 Å². The molecule has 0 fully saturated rings. The largest absolute Gasteiger partial charge is 0.416 e. The monoisotopic (exact) mass is 293 g/mol. The molecule has 7 heteroatoms. The van der Waals surface area contributed by atoms with Crippen LogP contribution in [0.4, 0.5) is 13.2 Å². The molecule has 0 spiro atoms. The number of fused-ring (bicyclic) bond motifs is 1. The number of nitrogens with zero attached hydrogens (tertiary/aromatic N) is 3. The Morgan fingerprint density at radius 1 is 1.05 bits per heavy atom. The van der Waals surface area contributed by atoms with Gasteiger partial charge in [0, 0.05) is 11.8 Å². The van der Waals surface area contributed by atoms with Gasteiger partial charge in [-0.2, -0.15) is 13.2 Å². The molecule has 0 amide bonds. The van der Waals surface area contributed by atoms with Crippen LogP contribution in [0, 0.1) is 0 Å². The van der Waals surface area contributed by atoms with Crippen molar-refractivity contribution in [1.82, 2.24) is 14.4 Å². The molecule has 3 aromatic rings. The quantitative estimate of drug-likeness (QED) is 0.790. The maximum Gasteiger partial charge on any atom is 0.416 e. The Bertz CT molecular complexity index is 778. The summed E-state index contributed by atoms with van der Waals surface area (Å²) in [5, 5.41) is 9.10. The van der Waals surface area contributed by atoms with Crippen molar-refractivity contribution in [2.75, 3.05) is 0 Å². The van der Waals surface area contributed by atoms with E-state index in [9.17, 15) is 13.2 Å². The van der Waals surface area contributed by atoms with E-state index < -0.39 is 11.7 Å². The molecule has 1 N–H and O–H groups in total. The third-order valence-corrected chi connectivity index (χ3v) is 3.12. The molecule has 0 saturated carbocycles. The number of rotatable bonds is 2. The van der Waals surface area contributed by atoms with Crippen LogP contribution in [0.3, 0.4) is 0 Å². The summed E-state index contributed by atoms with van der Waals surface area (Å²) >= 11 is 0. The Kier molecular flexibility index (Phi) is 3.13. The molecule has 0 aliphatic rings. The number of aliphatic hydroxyl groups is 1. The third kappa shape index (κ3) is 2.47. The molecule has 0 saturated heterocycles. The number of hydrogen-bond donors (Lipinski definition) is 1. The van der Waals surface area contributed by atoms with E-state index in [2.05, 4.69) is 9.97 Å². The minimum absolute atomic E-state index is 0.222. The van der Waals surface area contributed by atoms with Crippen molar-refractivity contribution >= 4 is 5.65 Å². The van der Waals surface area contributed by atoms with Crippen LogP contribution in [0.5, 0.6) is 0 Å². The third-order valence-electron chi connectivity index (χ3n) is 3.12. The SMILES string of the molecule is OCc1cn2c(-c3ccc(C(F)(F)F)cc3)cnc2cn1. The van der Waals surface area contributed by atoms with E-state index in [0.717, 1.165) is 12.1 Å². The van der Waals surface area contributed by atoms with Gasteiger partial charge in [-0.3, -0.25) is 9.38 Å². The Morgan fingerprint density at radius 3 is 2.38 bits per heavy atom. The number of imidazole rings is 1. The topological polar surface area (TPSA) is 50.4 Å². The van der Waals surface area contributed by atoms with Gasteiger partial charge in [-0.25, -0.2) is 4.98 Å². The molecule has 0 aliphatic heterocycles. The summed E-state index contributed by atoms with van der Waals surface area (Å²) < 4.78 is 39.4. The molecular weight excluding hydrogens is 283 g/mol. The highest BCUT2D eigenvalue weighted by atomic mass is 19.4. The van der Waals surface area contributed by atoms with Crippen molar-refractivity contribution in [2.45, 2.75) is 12.8 Å². The van der Waals surface area contributed by atoms with E-state index >= 15 is 0 Å². The van der Waals surface area contributed by atoms with Crippen LogP contribution in [0.15, 0.2) is 42.9 Å². The molecule has 0 bridgehead atoms. The van der Waals surface area contributed by atoms with Gasteiger partial charge in [0.2, 0.25) is 0 Å². The molecule has 0 atom stereocenters. The molecule has 4 nitrogen and oxygen atoms in total. The number of aliphatic hydroxyl groups excluding tert-OH is 1. The number of aromatic nitrogens is 3. The van der Waals surface area contributed by atoms with Crippen molar-refractivity contribution in [3.8, 4) is 11.3 Å². The lowest BCUT2D eigenvalue weighted by molar-refractivity contribution is -0.137. The van der Waals surface area contributed by atoms with Gasteiger partial charge in [-0.15, -0.1) is 0 Å². The van der Waals surface area contributed by atoms with Crippen LogP contribution in [0.2, 0.25) is 0 Å². The standard InChI is InChI=1S/C14H10F3N3O/c15-14(16,17)10-3-1-9(2-4-10)12-5-19-13-6-18-11(8-21)7-20(12)13/h1-7,21H,8H2. The highest BCUT2D eigenvalue weighted by Crippen LogP contribution is 2.31. The second-order valence-corrected chi connectivity index (χ2v) is 4.48. The molecule has 2 aromatic heterocycles. The molecule has 0 aliphatic carbocycles. The first-order chi connectivity index (χ1) is 9.99. The average molecular weight is 293 g/mol. The van der Waals surface area contributed by atoms with Gasteiger partial charge in [0.15, 0.2) is 5.65 Å². The Morgan fingerprint density at radius 2 is 1.76 bits per heavy atom. The number of hydrogen-bond acceptors (Lipinski definition) is 3. The summed E-state index contributed by atoms with van der Waals surface area (Å²) in [4.78, 5) is 8.13. The van der Waals surface area contributed by atoms with E-state index in [1.807, 2.05) is 0 Å². The first-order valence-electron chi connectivity index (χ1n) is 6.09. The van der Waals surface area contributed by atoms with Crippen molar-refractivity contribution in [1.29, 1.82) is 0 Å². The normalized spacial score (nSPS) is 12.0. The van der Waals surface area contributed by atoms with Crippen LogP contribution < -0.4 is 0 Å². The van der Waals surface area contributed by atoms with Gasteiger partial charge in [-0.05, 0) is 12.1 Å². The fraction of sp³-hybridized carbons (Fsp3) is 0.143. The highest BCUT2D eigenvalue weighted by Gasteiger charge is 2.30. The molecule has 108 valence electrons. The lowest BCUT2D eigenvalue weighted by Crippen LogP contribution is -2.04. The van der Waals surface area contributed by atoms with Gasteiger partial charge < -0.3 is 5.11 Å². The second-order valence-electron chi connectivity index (χ2n) is 4.48. The Balaban J connectivity index is 2.08. The van der Waals surface area contributed by atoms with Crippen LogP contribution in [-0.2, 0) is 12.8 Å². The molecule has 21 heavy (non-hydrogen) atoms. The minimum atomic E-state index is -4.36. The zero-order valence-corrected chi connectivity index (χ0v) is 10.7. The summed E-state index contributed by atoms with van der Waals surface area (Å²) in [6.07, 6.45) is 0.307. The van der Waals surface area contributed by atoms with Crippen LogP contribution >= 0.6 is 0 Å². The molecule has 1 aromatic carbocycles. The van der Waals surface area contributed by atoms with E-state index in [-0.39, 0.29) is 6.61 Å². The van der Waals surface area contributed by atoms with Gasteiger partial charge in [-0.1, -0.05) is 12.1 Å². The Labute approximate surface area is 117 Å². The molecule has 2 heterocycles. The fourth-order valence-corrected chi connectivity index (χ4v) is 2.05. The van der Waals surface area contributed by atoms with Crippen LogP contribution in [0.25, 0.3) is 16.9 Å². The van der Waals surface area contributed by atoms with Crippen molar-refractivity contribution < 1.29 is 18.3 Å². The average Bonchev–Trinajstić information content (AvgIpc) is 2.89. The first kappa shape index (κ1) is 13.6. The van der Waals surface area contributed by atoms with Gasteiger partial charge in [0.25, 0.3) is 0 Å². The molecule has 0 unspecified atom stereocenters. The van der Waals surface area contributed by atoms with Crippen LogP contribution in [-0.4, -0.2) is 19.5 Å². The molecular formula is C14H10F3N3O. The summed E-state index contributed by atoms with van der Waals surface area (Å²) in [7, 11) is 0. The number of alkyl halides is 3. The lowest BCUT2D eigenvalue weighted by Gasteiger charge is -2.08. The lowest BCUT2D eigenvalue weighted by atomic mass is 10.1. The van der Waals surface area contributed by atoms with E-state index in [1.165, 1.54) is 18.3 Å². The summed E-state index contributed by atoms with van der Waals surface area (Å²) in [6.45, 7) is -0.222. The van der Waals surface area contributed by atoms with Gasteiger partial charge in [0.05, 0.1) is 36.0 Å². The second kappa shape index (κ2) is 4.85. The molecule has 0 radical (unpaired) electrons. The summed E-state index contributed by atoms with van der Waals surface area (Å²) in [6, 6.07) is 4.85. The van der Waals surface area contributed by atoms with Gasteiger partial charge in [0.1, 0.15) is 0 Å². The highest BCUT2D eigenvalue weighted by molar-refractivity contribution is 5.63. The van der Waals surface area contributed by atoms with E-state index in [0.29, 0.717) is 22.6 Å².